The van der Waals surface area contributed by atoms with Crippen LogP contribution in [0.25, 0.3) is 0 Å². The smallest absolute Gasteiger partial charge is 0.179 e. The summed E-state index contributed by atoms with van der Waals surface area (Å²) >= 11 is 4.86. The van der Waals surface area contributed by atoms with Gasteiger partial charge in [-0.25, -0.2) is 0 Å². The molecule has 0 bridgehead atoms. The van der Waals surface area contributed by atoms with Gasteiger partial charge in [0.1, 0.15) is 0 Å². The summed E-state index contributed by atoms with van der Waals surface area (Å²) < 4.78 is 6.80. The second-order valence-corrected chi connectivity index (χ2v) is 2.39. The molecule has 54 valence electrons. The van der Waals surface area contributed by atoms with Crippen molar-refractivity contribution >= 4 is 17.3 Å². The van der Waals surface area contributed by atoms with Crippen molar-refractivity contribution in [3.8, 4) is 0 Å². The van der Waals surface area contributed by atoms with Crippen LogP contribution in [-0.2, 0) is 11.3 Å². The Morgan fingerprint density at radius 1 is 1.50 bits per heavy atom. The molecule has 0 radical (unpaired) electrons. The Bertz CT molecular complexity index is 205. The molecule has 0 aliphatic rings. The van der Waals surface area contributed by atoms with Gasteiger partial charge in [-0.1, -0.05) is 0 Å². The Balaban J connectivity index is 2.48. The van der Waals surface area contributed by atoms with Gasteiger partial charge < -0.3 is 9.30 Å². The zero-order valence-electron chi connectivity index (χ0n) is 5.78. The molecule has 0 fully saturated rings. The lowest BCUT2D eigenvalue weighted by molar-refractivity contribution is 0.397. The molecule has 1 rings (SSSR count). The van der Waals surface area contributed by atoms with Crippen molar-refractivity contribution < 1.29 is 4.74 Å². The molecular formula is C7H9NOS. The van der Waals surface area contributed by atoms with E-state index in [0.717, 1.165) is 0 Å². The van der Waals surface area contributed by atoms with Gasteiger partial charge in [0.2, 0.25) is 0 Å². The third-order valence-electron chi connectivity index (χ3n) is 1.21. The van der Waals surface area contributed by atoms with Gasteiger partial charge in [-0.15, -0.1) is 0 Å². The van der Waals surface area contributed by atoms with Crippen molar-refractivity contribution in [1.29, 1.82) is 0 Å². The van der Waals surface area contributed by atoms with E-state index in [4.69, 9.17) is 17.0 Å². The molecule has 2 nitrogen and oxygen atoms in total. The highest BCUT2D eigenvalue weighted by molar-refractivity contribution is 7.80. The molecule has 0 aromatic carbocycles. The number of aromatic nitrogens is 1. The van der Waals surface area contributed by atoms with Crippen molar-refractivity contribution in [2.24, 2.45) is 0 Å². The van der Waals surface area contributed by atoms with E-state index in [2.05, 4.69) is 0 Å². The molecule has 0 amide bonds. The van der Waals surface area contributed by atoms with Crippen LogP contribution in [0.3, 0.4) is 0 Å². The maximum absolute atomic E-state index is 4.86. The summed E-state index contributed by atoms with van der Waals surface area (Å²) in [6, 6.07) is 3.91. The first kappa shape index (κ1) is 7.28. The van der Waals surface area contributed by atoms with Crippen LogP contribution in [0.15, 0.2) is 24.5 Å². The number of ether oxygens (including phenoxy) is 1. The summed E-state index contributed by atoms with van der Waals surface area (Å²) in [4.78, 5) is 0. The van der Waals surface area contributed by atoms with Crippen LogP contribution in [0.4, 0.5) is 0 Å². The number of hydrogen-bond acceptors (Lipinski definition) is 2. The fraction of sp³-hybridized carbons (Fsp3) is 0.286. The molecule has 3 heteroatoms. The Morgan fingerprint density at radius 3 is 2.60 bits per heavy atom. The molecular weight excluding hydrogens is 146 g/mol. The quantitative estimate of drug-likeness (QED) is 0.600. The van der Waals surface area contributed by atoms with Gasteiger partial charge in [0.15, 0.2) is 5.05 Å². The SMILES string of the molecule is COC(=S)Cn1cccc1. The molecule has 0 saturated carbocycles. The number of nitrogens with zero attached hydrogens (tertiary/aromatic N) is 1. The molecule has 0 aliphatic carbocycles. The van der Waals surface area contributed by atoms with E-state index in [1.807, 2.05) is 29.1 Å². The molecule has 0 saturated heterocycles. The van der Waals surface area contributed by atoms with Gasteiger partial charge in [0, 0.05) is 12.4 Å². The highest BCUT2D eigenvalue weighted by Crippen LogP contribution is 1.91. The highest BCUT2D eigenvalue weighted by Gasteiger charge is 1.93. The van der Waals surface area contributed by atoms with E-state index in [9.17, 15) is 0 Å². The number of hydrogen-bond donors (Lipinski definition) is 0. The molecule has 10 heavy (non-hydrogen) atoms. The van der Waals surface area contributed by atoms with Crippen molar-refractivity contribution in [3.05, 3.63) is 24.5 Å². The predicted molar refractivity (Wildman–Crippen MR) is 44.0 cm³/mol. The first-order valence-electron chi connectivity index (χ1n) is 3.00. The van der Waals surface area contributed by atoms with Gasteiger partial charge in [-0.3, -0.25) is 0 Å². The fourth-order valence-corrected chi connectivity index (χ4v) is 0.838. The zero-order valence-corrected chi connectivity index (χ0v) is 6.60. The maximum Gasteiger partial charge on any atom is 0.179 e. The molecule has 0 unspecified atom stereocenters. The van der Waals surface area contributed by atoms with Gasteiger partial charge in [-0.05, 0) is 24.4 Å². The third-order valence-corrected chi connectivity index (χ3v) is 1.50. The van der Waals surface area contributed by atoms with E-state index in [1.165, 1.54) is 0 Å². The molecule has 0 N–H and O–H groups in total. The van der Waals surface area contributed by atoms with E-state index < -0.39 is 0 Å². The van der Waals surface area contributed by atoms with Crippen molar-refractivity contribution in [2.75, 3.05) is 7.11 Å². The van der Waals surface area contributed by atoms with Crippen LogP contribution >= 0.6 is 12.2 Å². The average Bonchev–Trinajstić information content (AvgIpc) is 2.40. The standard InChI is InChI=1S/C7H9NOS/c1-9-7(10)6-8-4-2-3-5-8/h2-5H,6H2,1H3. The number of rotatable bonds is 2. The molecule has 1 heterocycles. The van der Waals surface area contributed by atoms with Crippen LogP contribution < -0.4 is 0 Å². The Kier molecular flexibility index (Phi) is 2.45. The first-order valence-corrected chi connectivity index (χ1v) is 3.41. The molecule has 1 aromatic heterocycles. The second kappa shape index (κ2) is 3.37. The Morgan fingerprint density at radius 2 is 2.10 bits per heavy atom. The highest BCUT2D eigenvalue weighted by atomic mass is 32.1. The van der Waals surface area contributed by atoms with Gasteiger partial charge >= 0.3 is 0 Å². The lowest BCUT2D eigenvalue weighted by Gasteiger charge is -2.01. The predicted octanol–water partition coefficient (Wildman–Crippen LogP) is 1.46. The van der Waals surface area contributed by atoms with Crippen LogP contribution in [0.5, 0.6) is 0 Å². The summed E-state index contributed by atoms with van der Waals surface area (Å²) in [5.74, 6) is 0. The largest absolute Gasteiger partial charge is 0.488 e. The lowest BCUT2D eigenvalue weighted by atomic mass is 10.6. The summed E-state index contributed by atoms with van der Waals surface area (Å²) in [5.41, 5.74) is 0. The van der Waals surface area contributed by atoms with Gasteiger partial charge in [0.25, 0.3) is 0 Å². The topological polar surface area (TPSA) is 14.2 Å². The van der Waals surface area contributed by atoms with Crippen LogP contribution in [-0.4, -0.2) is 16.7 Å². The fourth-order valence-electron chi connectivity index (χ4n) is 0.689. The number of methoxy groups -OCH3 is 1. The maximum atomic E-state index is 4.86. The summed E-state index contributed by atoms with van der Waals surface area (Å²) in [6.07, 6.45) is 3.90. The minimum Gasteiger partial charge on any atom is -0.488 e. The average molecular weight is 155 g/mol. The summed E-state index contributed by atoms with van der Waals surface area (Å²) in [7, 11) is 1.59. The van der Waals surface area contributed by atoms with Gasteiger partial charge in [0.05, 0.1) is 13.7 Å². The Labute approximate surface area is 65.4 Å². The van der Waals surface area contributed by atoms with Crippen LogP contribution in [0.2, 0.25) is 0 Å². The van der Waals surface area contributed by atoms with E-state index >= 15 is 0 Å². The summed E-state index contributed by atoms with van der Waals surface area (Å²) in [5, 5.41) is 0.608. The van der Waals surface area contributed by atoms with Crippen molar-refractivity contribution in [2.45, 2.75) is 6.54 Å². The molecule has 0 aliphatic heterocycles. The first-order chi connectivity index (χ1) is 4.83. The minimum absolute atomic E-state index is 0.608. The third kappa shape index (κ3) is 1.84. The van der Waals surface area contributed by atoms with Crippen molar-refractivity contribution in [3.63, 3.8) is 0 Å². The molecule has 0 spiro atoms. The van der Waals surface area contributed by atoms with Crippen molar-refractivity contribution in [1.82, 2.24) is 4.57 Å². The lowest BCUT2D eigenvalue weighted by Crippen LogP contribution is -2.07. The summed E-state index contributed by atoms with van der Waals surface area (Å²) in [6.45, 7) is 0.666. The molecule has 0 atom stereocenters. The normalized spacial score (nSPS) is 9.30. The van der Waals surface area contributed by atoms with Crippen LogP contribution in [0, 0.1) is 0 Å². The van der Waals surface area contributed by atoms with Gasteiger partial charge in [-0.2, -0.15) is 0 Å². The Hall–Kier alpha value is -0.830. The van der Waals surface area contributed by atoms with E-state index in [0.29, 0.717) is 11.6 Å². The van der Waals surface area contributed by atoms with Crippen LogP contribution in [0.1, 0.15) is 0 Å². The second-order valence-electron chi connectivity index (χ2n) is 1.93. The van der Waals surface area contributed by atoms with E-state index in [1.54, 1.807) is 7.11 Å². The monoisotopic (exact) mass is 155 g/mol. The molecule has 1 aromatic rings. The minimum atomic E-state index is 0.608. The number of thiocarbonyl (C=S) groups is 1. The van der Waals surface area contributed by atoms with E-state index in [-0.39, 0.29) is 0 Å². The zero-order chi connectivity index (χ0) is 7.40.